The summed E-state index contributed by atoms with van der Waals surface area (Å²) in [5.41, 5.74) is 2.52. The number of piperidine rings is 1. The molecule has 0 bridgehead atoms. The molecule has 1 atom stereocenters. The van der Waals surface area contributed by atoms with Crippen LogP contribution in [-0.2, 0) is 0 Å². The van der Waals surface area contributed by atoms with Crippen LogP contribution in [0.4, 0.5) is 0 Å². The fourth-order valence-electron chi connectivity index (χ4n) is 1.65. The first-order valence-corrected chi connectivity index (χ1v) is 5.02. The fourth-order valence-corrected chi connectivity index (χ4v) is 1.88. The highest BCUT2D eigenvalue weighted by molar-refractivity contribution is 7.82. The van der Waals surface area contributed by atoms with Gasteiger partial charge in [0.05, 0.1) is 0 Å². The SMILES string of the molecule is CC1(S)C=CN=C2CCNCC2=C1. The zero-order valence-corrected chi connectivity index (χ0v) is 8.64. The molecule has 0 aromatic rings. The maximum absolute atomic E-state index is 4.54. The molecule has 1 fully saturated rings. The van der Waals surface area contributed by atoms with E-state index in [0.717, 1.165) is 19.5 Å². The summed E-state index contributed by atoms with van der Waals surface area (Å²) >= 11 is 4.54. The van der Waals surface area contributed by atoms with Crippen molar-refractivity contribution in [1.82, 2.24) is 5.32 Å². The van der Waals surface area contributed by atoms with Crippen LogP contribution in [0.15, 0.2) is 28.9 Å². The van der Waals surface area contributed by atoms with Crippen LogP contribution >= 0.6 is 12.6 Å². The van der Waals surface area contributed by atoms with Gasteiger partial charge in [0.1, 0.15) is 0 Å². The highest BCUT2D eigenvalue weighted by atomic mass is 32.1. The lowest BCUT2D eigenvalue weighted by Gasteiger charge is -2.20. The molecule has 0 aromatic carbocycles. The van der Waals surface area contributed by atoms with Crippen molar-refractivity contribution in [3.63, 3.8) is 0 Å². The Morgan fingerprint density at radius 3 is 3.31 bits per heavy atom. The third kappa shape index (κ3) is 2.03. The van der Waals surface area contributed by atoms with Crippen LogP contribution < -0.4 is 5.32 Å². The number of thiol groups is 1. The second kappa shape index (κ2) is 3.31. The average Bonchev–Trinajstić information content (AvgIpc) is 2.21. The Bertz CT molecular complexity index is 300. The lowest BCUT2D eigenvalue weighted by molar-refractivity contribution is 0.727. The summed E-state index contributed by atoms with van der Waals surface area (Å²) in [7, 11) is 0. The Balaban J connectivity index is 2.34. The maximum Gasteiger partial charge on any atom is 0.0484 e. The van der Waals surface area contributed by atoms with Crippen molar-refractivity contribution < 1.29 is 0 Å². The van der Waals surface area contributed by atoms with Gasteiger partial charge in [-0.05, 0) is 18.6 Å². The number of aliphatic imine (C=N–C) groups is 1. The molecule has 2 aliphatic heterocycles. The van der Waals surface area contributed by atoms with E-state index in [-0.39, 0.29) is 4.75 Å². The summed E-state index contributed by atoms with van der Waals surface area (Å²) in [6.45, 7) is 4.04. The minimum absolute atomic E-state index is 0.153. The Hall–Kier alpha value is -0.540. The van der Waals surface area contributed by atoms with E-state index in [4.69, 9.17) is 0 Å². The maximum atomic E-state index is 4.54. The summed E-state index contributed by atoms with van der Waals surface area (Å²) in [5.74, 6) is 0. The molecule has 1 saturated heterocycles. The quantitative estimate of drug-likeness (QED) is 0.562. The standard InChI is InChI=1S/C10H14N2S/c1-10(13)3-5-12-9-2-4-11-7-8(9)6-10/h3,5-6,11,13H,2,4,7H2,1H3. The van der Waals surface area contributed by atoms with Crippen LogP contribution in [-0.4, -0.2) is 23.5 Å². The molecular weight excluding hydrogens is 180 g/mol. The van der Waals surface area contributed by atoms with E-state index in [9.17, 15) is 0 Å². The molecule has 1 N–H and O–H groups in total. The van der Waals surface area contributed by atoms with Crippen LogP contribution in [0.25, 0.3) is 0 Å². The van der Waals surface area contributed by atoms with Crippen LogP contribution in [0.3, 0.4) is 0 Å². The third-order valence-electron chi connectivity index (χ3n) is 2.33. The molecule has 2 nitrogen and oxygen atoms in total. The molecule has 13 heavy (non-hydrogen) atoms. The van der Waals surface area contributed by atoms with Gasteiger partial charge in [-0.15, -0.1) is 0 Å². The summed E-state index contributed by atoms with van der Waals surface area (Å²) in [5, 5.41) is 3.34. The van der Waals surface area contributed by atoms with Gasteiger partial charge >= 0.3 is 0 Å². The number of nitrogens with zero attached hydrogens (tertiary/aromatic N) is 1. The van der Waals surface area contributed by atoms with Gasteiger partial charge in [-0.25, -0.2) is 0 Å². The Labute approximate surface area is 84.2 Å². The van der Waals surface area contributed by atoms with Crippen LogP contribution in [0, 0.1) is 0 Å². The van der Waals surface area contributed by atoms with Crippen molar-refractivity contribution in [1.29, 1.82) is 0 Å². The zero-order valence-electron chi connectivity index (χ0n) is 7.75. The number of hydrogen-bond acceptors (Lipinski definition) is 3. The summed E-state index contributed by atoms with van der Waals surface area (Å²) < 4.78 is -0.153. The van der Waals surface area contributed by atoms with Crippen LogP contribution in [0.1, 0.15) is 13.3 Å². The molecule has 0 radical (unpaired) electrons. The van der Waals surface area contributed by atoms with Gasteiger partial charge < -0.3 is 5.32 Å². The van der Waals surface area contributed by atoms with E-state index in [1.165, 1.54) is 11.3 Å². The molecule has 1 unspecified atom stereocenters. The van der Waals surface area contributed by atoms with Crippen molar-refractivity contribution in [2.75, 3.05) is 13.1 Å². The summed E-state index contributed by atoms with van der Waals surface area (Å²) in [6.07, 6.45) is 7.11. The molecule has 0 saturated carbocycles. The predicted octanol–water partition coefficient (Wildman–Crippen LogP) is 1.56. The van der Waals surface area contributed by atoms with E-state index in [0.29, 0.717) is 0 Å². The van der Waals surface area contributed by atoms with Gasteiger partial charge in [0.2, 0.25) is 0 Å². The van der Waals surface area contributed by atoms with Gasteiger partial charge in [-0.3, -0.25) is 4.99 Å². The highest BCUT2D eigenvalue weighted by Gasteiger charge is 2.20. The minimum atomic E-state index is -0.153. The molecule has 70 valence electrons. The Morgan fingerprint density at radius 2 is 2.46 bits per heavy atom. The minimum Gasteiger partial charge on any atom is -0.312 e. The van der Waals surface area contributed by atoms with Gasteiger partial charge in [0.25, 0.3) is 0 Å². The van der Waals surface area contributed by atoms with Gasteiger partial charge in [-0.1, -0.05) is 6.08 Å². The average molecular weight is 194 g/mol. The molecule has 0 spiro atoms. The highest BCUT2D eigenvalue weighted by Crippen LogP contribution is 2.23. The van der Waals surface area contributed by atoms with E-state index in [1.54, 1.807) is 0 Å². The van der Waals surface area contributed by atoms with Crippen molar-refractivity contribution >= 4 is 18.3 Å². The first-order valence-electron chi connectivity index (χ1n) is 4.57. The van der Waals surface area contributed by atoms with Crippen molar-refractivity contribution in [2.45, 2.75) is 18.1 Å². The van der Waals surface area contributed by atoms with Crippen molar-refractivity contribution in [3.8, 4) is 0 Å². The molecule has 2 aliphatic rings. The second-order valence-electron chi connectivity index (χ2n) is 3.71. The van der Waals surface area contributed by atoms with Crippen molar-refractivity contribution in [3.05, 3.63) is 23.9 Å². The monoisotopic (exact) mass is 194 g/mol. The molecule has 0 aliphatic carbocycles. The smallest absolute Gasteiger partial charge is 0.0484 e. The number of hydrogen-bond donors (Lipinski definition) is 2. The molecule has 0 amide bonds. The van der Waals surface area contributed by atoms with E-state index >= 15 is 0 Å². The molecule has 3 heteroatoms. The number of fused-ring (bicyclic) bond motifs is 1. The fraction of sp³-hybridized carbons (Fsp3) is 0.500. The normalized spacial score (nSPS) is 33.1. The van der Waals surface area contributed by atoms with Crippen LogP contribution in [0.5, 0.6) is 0 Å². The van der Waals surface area contributed by atoms with Crippen LogP contribution in [0.2, 0.25) is 0 Å². The topological polar surface area (TPSA) is 24.4 Å². The lowest BCUT2D eigenvalue weighted by Crippen LogP contribution is -2.31. The van der Waals surface area contributed by atoms with Gasteiger partial charge in [0, 0.05) is 36.2 Å². The summed E-state index contributed by atoms with van der Waals surface area (Å²) in [6, 6.07) is 0. The Kier molecular flexibility index (Phi) is 2.30. The first kappa shape index (κ1) is 9.03. The van der Waals surface area contributed by atoms with Gasteiger partial charge in [0.15, 0.2) is 0 Å². The second-order valence-corrected chi connectivity index (χ2v) is 4.68. The molecule has 2 heterocycles. The first-order chi connectivity index (χ1) is 6.17. The molecule has 0 aromatic heterocycles. The lowest BCUT2D eigenvalue weighted by atomic mass is 9.99. The van der Waals surface area contributed by atoms with Gasteiger partial charge in [-0.2, -0.15) is 12.6 Å². The predicted molar refractivity (Wildman–Crippen MR) is 59.5 cm³/mol. The molecule has 2 rings (SSSR count). The van der Waals surface area contributed by atoms with E-state index in [1.807, 2.05) is 12.3 Å². The molecular formula is C10H14N2S. The third-order valence-corrected chi connectivity index (χ3v) is 2.61. The number of nitrogens with one attached hydrogen (secondary N) is 1. The van der Waals surface area contributed by atoms with E-state index in [2.05, 4.69) is 35.9 Å². The van der Waals surface area contributed by atoms with E-state index < -0.39 is 0 Å². The number of rotatable bonds is 0. The zero-order chi connectivity index (χ0) is 9.31. The largest absolute Gasteiger partial charge is 0.312 e. The van der Waals surface area contributed by atoms with Crippen molar-refractivity contribution in [2.24, 2.45) is 4.99 Å². The Morgan fingerprint density at radius 1 is 1.62 bits per heavy atom. The summed E-state index contributed by atoms with van der Waals surface area (Å²) in [4.78, 5) is 4.42.